The van der Waals surface area contributed by atoms with Crippen LogP contribution < -0.4 is 0 Å². The maximum absolute atomic E-state index is 9.28. The molecule has 0 saturated carbocycles. The molecule has 0 bridgehead atoms. The van der Waals surface area contributed by atoms with Gasteiger partial charge in [-0.1, -0.05) is 37.6 Å². The largest absolute Gasteiger partial charge is 0.395 e. The number of rotatable bonds is 3. The summed E-state index contributed by atoms with van der Waals surface area (Å²) in [5, 5.41) is 10.0. The Hall–Kier alpha value is -0.530. The number of hydrogen-bond acceptors (Lipinski definition) is 1. The van der Waals surface area contributed by atoms with Crippen molar-refractivity contribution in [3.05, 3.63) is 34.9 Å². The van der Waals surface area contributed by atoms with Crippen LogP contribution in [0.5, 0.6) is 0 Å². The van der Waals surface area contributed by atoms with Crippen molar-refractivity contribution in [2.24, 2.45) is 0 Å². The first-order chi connectivity index (χ1) is 6.12. The molecule has 1 aromatic carbocycles. The number of aliphatic hydroxyl groups is 1. The van der Waals surface area contributed by atoms with Gasteiger partial charge in [-0.05, 0) is 24.1 Å². The van der Waals surface area contributed by atoms with Gasteiger partial charge in [-0.15, -0.1) is 0 Å². The highest BCUT2D eigenvalue weighted by atomic mass is 35.5. The Morgan fingerprint density at radius 3 is 2.23 bits per heavy atom. The molecule has 0 fully saturated rings. The van der Waals surface area contributed by atoms with Crippen molar-refractivity contribution in [1.82, 2.24) is 0 Å². The lowest BCUT2D eigenvalue weighted by atomic mass is 9.81. The smallest absolute Gasteiger partial charge is 0.0525 e. The van der Waals surface area contributed by atoms with Crippen molar-refractivity contribution in [2.45, 2.75) is 25.7 Å². The third kappa shape index (κ3) is 2.23. The van der Waals surface area contributed by atoms with E-state index >= 15 is 0 Å². The molecule has 72 valence electrons. The van der Waals surface area contributed by atoms with E-state index in [9.17, 15) is 5.11 Å². The summed E-state index contributed by atoms with van der Waals surface area (Å²) in [5.41, 5.74) is 1.01. The fourth-order valence-corrected chi connectivity index (χ4v) is 1.39. The quantitative estimate of drug-likeness (QED) is 0.792. The minimum atomic E-state index is -0.134. The molecule has 1 unspecified atom stereocenters. The lowest BCUT2D eigenvalue weighted by Gasteiger charge is -2.26. The predicted octanol–water partition coefficient (Wildman–Crippen LogP) is 3.00. The van der Waals surface area contributed by atoms with Gasteiger partial charge in [-0.2, -0.15) is 0 Å². The molecule has 1 N–H and O–H groups in total. The van der Waals surface area contributed by atoms with Crippen molar-refractivity contribution in [2.75, 3.05) is 6.61 Å². The van der Waals surface area contributed by atoms with E-state index in [1.54, 1.807) is 0 Å². The van der Waals surface area contributed by atoms with E-state index in [0.29, 0.717) is 0 Å². The SMILES string of the molecule is CCC(C)(CO)c1ccc(Cl)cc1. The van der Waals surface area contributed by atoms with E-state index in [1.807, 2.05) is 24.3 Å². The number of aliphatic hydroxyl groups excluding tert-OH is 1. The Kier molecular flexibility index (Phi) is 3.34. The molecule has 1 rings (SSSR count). The Morgan fingerprint density at radius 1 is 1.31 bits per heavy atom. The summed E-state index contributed by atoms with van der Waals surface area (Å²) < 4.78 is 0. The maximum atomic E-state index is 9.28. The van der Waals surface area contributed by atoms with Crippen LogP contribution in [0.4, 0.5) is 0 Å². The molecule has 0 radical (unpaired) electrons. The lowest BCUT2D eigenvalue weighted by molar-refractivity contribution is 0.201. The van der Waals surface area contributed by atoms with Gasteiger partial charge >= 0.3 is 0 Å². The van der Waals surface area contributed by atoms with Gasteiger partial charge in [-0.25, -0.2) is 0 Å². The van der Waals surface area contributed by atoms with E-state index in [4.69, 9.17) is 11.6 Å². The third-order valence-electron chi connectivity index (χ3n) is 2.67. The molecule has 0 amide bonds. The molecule has 13 heavy (non-hydrogen) atoms. The third-order valence-corrected chi connectivity index (χ3v) is 2.92. The molecule has 0 aliphatic rings. The summed E-state index contributed by atoms with van der Waals surface area (Å²) in [4.78, 5) is 0. The highest BCUT2D eigenvalue weighted by Crippen LogP contribution is 2.27. The maximum Gasteiger partial charge on any atom is 0.0525 e. The minimum absolute atomic E-state index is 0.134. The van der Waals surface area contributed by atoms with Crippen LogP contribution in [0.3, 0.4) is 0 Å². The lowest BCUT2D eigenvalue weighted by Crippen LogP contribution is -2.25. The first kappa shape index (κ1) is 10.6. The van der Waals surface area contributed by atoms with Crippen LogP contribution in [0.1, 0.15) is 25.8 Å². The fourth-order valence-electron chi connectivity index (χ4n) is 1.26. The van der Waals surface area contributed by atoms with Gasteiger partial charge in [0.2, 0.25) is 0 Å². The van der Waals surface area contributed by atoms with Gasteiger partial charge < -0.3 is 5.11 Å². The highest BCUT2D eigenvalue weighted by molar-refractivity contribution is 6.30. The highest BCUT2D eigenvalue weighted by Gasteiger charge is 2.22. The Labute approximate surface area is 84.4 Å². The molecule has 0 heterocycles. The molecule has 0 saturated heterocycles. The number of hydrogen-bond donors (Lipinski definition) is 1. The molecule has 1 nitrogen and oxygen atoms in total. The minimum Gasteiger partial charge on any atom is -0.395 e. The van der Waals surface area contributed by atoms with Crippen LogP contribution in [0, 0.1) is 0 Å². The van der Waals surface area contributed by atoms with E-state index in [1.165, 1.54) is 0 Å². The second-order valence-corrected chi connectivity index (χ2v) is 4.02. The van der Waals surface area contributed by atoms with Crippen molar-refractivity contribution >= 4 is 11.6 Å². The topological polar surface area (TPSA) is 20.2 Å². The summed E-state index contributed by atoms with van der Waals surface area (Å²) in [5.74, 6) is 0. The van der Waals surface area contributed by atoms with Crippen LogP contribution in [-0.4, -0.2) is 11.7 Å². The van der Waals surface area contributed by atoms with E-state index in [0.717, 1.165) is 17.0 Å². The molecule has 1 aromatic rings. The van der Waals surface area contributed by atoms with E-state index in [-0.39, 0.29) is 12.0 Å². The van der Waals surface area contributed by atoms with Crippen LogP contribution in [-0.2, 0) is 5.41 Å². The van der Waals surface area contributed by atoms with Gasteiger partial charge in [0.25, 0.3) is 0 Å². The summed E-state index contributed by atoms with van der Waals surface area (Å²) in [6, 6.07) is 7.67. The summed E-state index contributed by atoms with van der Waals surface area (Å²) in [6.07, 6.45) is 0.922. The van der Waals surface area contributed by atoms with Gasteiger partial charge in [-0.3, -0.25) is 0 Å². The number of halogens is 1. The summed E-state index contributed by atoms with van der Waals surface area (Å²) in [7, 11) is 0. The van der Waals surface area contributed by atoms with Gasteiger partial charge in [0, 0.05) is 10.4 Å². The average molecular weight is 199 g/mol. The monoisotopic (exact) mass is 198 g/mol. The van der Waals surface area contributed by atoms with Crippen molar-refractivity contribution in [3.63, 3.8) is 0 Å². The zero-order valence-electron chi connectivity index (χ0n) is 8.05. The predicted molar refractivity (Wildman–Crippen MR) is 56.2 cm³/mol. The molecule has 1 atom stereocenters. The molecule has 2 heteroatoms. The number of benzene rings is 1. The van der Waals surface area contributed by atoms with Crippen LogP contribution in [0.2, 0.25) is 5.02 Å². The Balaban J connectivity index is 2.99. The van der Waals surface area contributed by atoms with Crippen LogP contribution in [0.25, 0.3) is 0 Å². The summed E-state index contributed by atoms with van der Waals surface area (Å²) >= 11 is 5.79. The second-order valence-electron chi connectivity index (χ2n) is 3.58. The first-order valence-corrected chi connectivity index (χ1v) is 4.87. The molecule has 0 aromatic heterocycles. The molecule has 0 aliphatic heterocycles. The van der Waals surface area contributed by atoms with Gasteiger partial charge in [0.15, 0.2) is 0 Å². The van der Waals surface area contributed by atoms with Gasteiger partial charge in [0.1, 0.15) is 0 Å². The Morgan fingerprint density at radius 2 is 1.85 bits per heavy atom. The van der Waals surface area contributed by atoms with Crippen molar-refractivity contribution in [1.29, 1.82) is 0 Å². The molecular weight excluding hydrogens is 184 g/mol. The normalized spacial score (nSPS) is 15.4. The second kappa shape index (κ2) is 4.12. The zero-order chi connectivity index (χ0) is 9.90. The van der Waals surface area contributed by atoms with Crippen LogP contribution in [0.15, 0.2) is 24.3 Å². The zero-order valence-corrected chi connectivity index (χ0v) is 8.80. The summed E-state index contributed by atoms with van der Waals surface area (Å²) in [6.45, 7) is 4.30. The van der Waals surface area contributed by atoms with Gasteiger partial charge in [0.05, 0.1) is 6.61 Å². The van der Waals surface area contributed by atoms with E-state index < -0.39 is 0 Å². The first-order valence-electron chi connectivity index (χ1n) is 4.49. The molecule has 0 spiro atoms. The van der Waals surface area contributed by atoms with E-state index in [2.05, 4.69) is 13.8 Å². The van der Waals surface area contributed by atoms with Crippen molar-refractivity contribution < 1.29 is 5.11 Å². The average Bonchev–Trinajstić information content (AvgIpc) is 2.18. The molecule has 0 aliphatic carbocycles. The van der Waals surface area contributed by atoms with Crippen LogP contribution >= 0.6 is 11.6 Å². The molecular formula is C11H15ClO. The van der Waals surface area contributed by atoms with Crippen molar-refractivity contribution in [3.8, 4) is 0 Å². The Bertz CT molecular complexity index is 262. The standard InChI is InChI=1S/C11H15ClO/c1-3-11(2,8-13)9-4-6-10(12)7-5-9/h4-7,13H,3,8H2,1-2H3. The fraction of sp³-hybridized carbons (Fsp3) is 0.455.